The van der Waals surface area contributed by atoms with E-state index >= 15 is 0 Å². The highest BCUT2D eigenvalue weighted by atomic mass is 35.5. The number of aromatic nitrogens is 2. The number of nitrogens with zero attached hydrogens (tertiary/aromatic N) is 2. The van der Waals surface area contributed by atoms with Gasteiger partial charge in [0.25, 0.3) is 5.91 Å². The molecule has 0 saturated heterocycles. The standard InChI is InChI=1S/C16H11ClFN3O2/c17-13-4-2-1-3-12(13)15(22)19-16-21-20-14(23-16)9-10-5-7-11(18)8-6-10/h1-8H,9H2,(H,19,21,22). The van der Waals surface area contributed by atoms with Gasteiger partial charge in [-0.1, -0.05) is 41.0 Å². The van der Waals surface area contributed by atoms with E-state index in [1.54, 1.807) is 36.4 Å². The maximum absolute atomic E-state index is 12.9. The number of hydrogen-bond donors (Lipinski definition) is 1. The van der Waals surface area contributed by atoms with E-state index in [0.29, 0.717) is 22.9 Å². The number of halogens is 2. The Morgan fingerprint density at radius 1 is 1.13 bits per heavy atom. The summed E-state index contributed by atoms with van der Waals surface area (Å²) in [7, 11) is 0. The second-order valence-corrected chi connectivity index (χ2v) is 5.15. The molecule has 1 aromatic heterocycles. The molecule has 2 aromatic carbocycles. The van der Waals surface area contributed by atoms with Crippen LogP contribution in [0.1, 0.15) is 21.8 Å². The summed E-state index contributed by atoms with van der Waals surface area (Å²) in [6, 6.07) is 12.6. The smallest absolute Gasteiger partial charge is 0.322 e. The zero-order valence-electron chi connectivity index (χ0n) is 11.8. The van der Waals surface area contributed by atoms with E-state index in [-0.39, 0.29) is 11.8 Å². The molecule has 0 aliphatic rings. The topological polar surface area (TPSA) is 68.0 Å². The van der Waals surface area contributed by atoms with Crippen LogP contribution in [0.4, 0.5) is 10.4 Å². The first-order chi connectivity index (χ1) is 11.1. The summed E-state index contributed by atoms with van der Waals surface area (Å²) in [6.45, 7) is 0. The largest absolute Gasteiger partial charge is 0.407 e. The van der Waals surface area contributed by atoms with E-state index in [0.717, 1.165) is 5.56 Å². The number of rotatable bonds is 4. The Kier molecular flexibility index (Phi) is 4.34. The van der Waals surface area contributed by atoms with Crippen LogP contribution >= 0.6 is 11.6 Å². The average molecular weight is 332 g/mol. The van der Waals surface area contributed by atoms with Gasteiger partial charge in [-0.3, -0.25) is 10.1 Å². The van der Waals surface area contributed by atoms with E-state index in [2.05, 4.69) is 15.5 Å². The number of hydrogen-bond acceptors (Lipinski definition) is 4. The van der Waals surface area contributed by atoms with Crippen LogP contribution in [-0.4, -0.2) is 16.1 Å². The van der Waals surface area contributed by atoms with Crippen molar-refractivity contribution in [2.75, 3.05) is 5.32 Å². The highest BCUT2D eigenvalue weighted by Crippen LogP contribution is 2.17. The average Bonchev–Trinajstić information content (AvgIpc) is 2.97. The fraction of sp³-hybridized carbons (Fsp3) is 0.0625. The Bertz CT molecular complexity index is 833. The number of anilines is 1. The third-order valence-electron chi connectivity index (χ3n) is 3.07. The minimum Gasteiger partial charge on any atom is -0.407 e. The lowest BCUT2D eigenvalue weighted by atomic mass is 10.1. The van der Waals surface area contributed by atoms with Crippen LogP contribution in [0.5, 0.6) is 0 Å². The van der Waals surface area contributed by atoms with Crippen LogP contribution in [0.3, 0.4) is 0 Å². The summed E-state index contributed by atoms with van der Waals surface area (Å²) in [4.78, 5) is 12.1. The van der Waals surface area contributed by atoms with Crippen molar-refractivity contribution in [3.8, 4) is 0 Å². The molecule has 23 heavy (non-hydrogen) atoms. The molecule has 5 nitrogen and oxygen atoms in total. The molecule has 0 bridgehead atoms. The van der Waals surface area contributed by atoms with Gasteiger partial charge in [0, 0.05) is 0 Å². The van der Waals surface area contributed by atoms with Crippen molar-refractivity contribution in [2.45, 2.75) is 6.42 Å². The van der Waals surface area contributed by atoms with Crippen molar-refractivity contribution in [1.82, 2.24) is 10.2 Å². The normalized spacial score (nSPS) is 10.5. The maximum atomic E-state index is 12.9. The van der Waals surface area contributed by atoms with Gasteiger partial charge < -0.3 is 4.42 Å². The van der Waals surface area contributed by atoms with E-state index in [9.17, 15) is 9.18 Å². The van der Waals surface area contributed by atoms with E-state index < -0.39 is 5.91 Å². The van der Waals surface area contributed by atoms with E-state index in [1.807, 2.05) is 0 Å². The molecule has 0 atom stereocenters. The van der Waals surface area contributed by atoms with Crippen LogP contribution in [0.15, 0.2) is 52.9 Å². The molecule has 1 amide bonds. The van der Waals surface area contributed by atoms with Crippen LogP contribution in [0, 0.1) is 5.82 Å². The molecule has 1 N–H and O–H groups in total. The van der Waals surface area contributed by atoms with Gasteiger partial charge in [-0.05, 0) is 29.8 Å². The predicted octanol–water partition coefficient (Wildman–Crippen LogP) is 3.71. The maximum Gasteiger partial charge on any atom is 0.322 e. The molecule has 0 aliphatic heterocycles. The SMILES string of the molecule is O=C(Nc1nnc(Cc2ccc(F)cc2)o1)c1ccccc1Cl. The monoisotopic (exact) mass is 331 g/mol. The molecule has 0 saturated carbocycles. The number of carbonyl (C=O) groups excluding carboxylic acids is 1. The summed E-state index contributed by atoms with van der Waals surface area (Å²) in [5, 5.41) is 10.4. The van der Waals surface area contributed by atoms with Crippen molar-refractivity contribution < 1.29 is 13.6 Å². The van der Waals surface area contributed by atoms with Gasteiger partial charge in [-0.25, -0.2) is 4.39 Å². The van der Waals surface area contributed by atoms with Gasteiger partial charge in [0.1, 0.15) is 5.82 Å². The molecular weight excluding hydrogens is 321 g/mol. The summed E-state index contributed by atoms with van der Waals surface area (Å²) < 4.78 is 18.2. The predicted molar refractivity (Wildman–Crippen MR) is 82.9 cm³/mol. The van der Waals surface area contributed by atoms with Crippen LogP contribution in [-0.2, 0) is 6.42 Å². The lowest BCUT2D eigenvalue weighted by molar-refractivity contribution is 0.102. The Balaban J connectivity index is 1.69. The highest BCUT2D eigenvalue weighted by molar-refractivity contribution is 6.34. The third kappa shape index (κ3) is 3.73. The van der Waals surface area contributed by atoms with Crippen LogP contribution < -0.4 is 5.32 Å². The first-order valence-electron chi connectivity index (χ1n) is 6.74. The Hall–Kier alpha value is -2.73. The second kappa shape index (κ2) is 6.58. The zero-order chi connectivity index (χ0) is 16.2. The molecule has 0 aliphatic carbocycles. The number of amides is 1. The summed E-state index contributed by atoms with van der Waals surface area (Å²) in [5.74, 6) is -0.439. The molecule has 0 radical (unpaired) electrons. The molecule has 3 aromatic rings. The minimum atomic E-state index is -0.437. The second-order valence-electron chi connectivity index (χ2n) is 4.74. The first-order valence-corrected chi connectivity index (χ1v) is 7.12. The van der Waals surface area contributed by atoms with E-state index in [4.69, 9.17) is 16.0 Å². The Morgan fingerprint density at radius 3 is 2.61 bits per heavy atom. The fourth-order valence-corrected chi connectivity index (χ4v) is 2.18. The summed E-state index contributed by atoms with van der Waals surface area (Å²) >= 11 is 5.95. The van der Waals surface area contributed by atoms with Crippen molar-refractivity contribution in [3.05, 3.63) is 76.4 Å². The number of carbonyl (C=O) groups is 1. The summed E-state index contributed by atoms with van der Waals surface area (Å²) in [6.07, 6.45) is 0.343. The van der Waals surface area contributed by atoms with Crippen molar-refractivity contribution in [3.63, 3.8) is 0 Å². The van der Waals surface area contributed by atoms with Gasteiger partial charge in [0.2, 0.25) is 5.89 Å². The van der Waals surface area contributed by atoms with Crippen molar-refractivity contribution >= 4 is 23.5 Å². The molecule has 7 heteroatoms. The van der Waals surface area contributed by atoms with Gasteiger partial charge in [0.05, 0.1) is 17.0 Å². The fourth-order valence-electron chi connectivity index (χ4n) is 1.96. The highest BCUT2D eigenvalue weighted by Gasteiger charge is 2.14. The quantitative estimate of drug-likeness (QED) is 0.791. The van der Waals surface area contributed by atoms with Crippen molar-refractivity contribution in [2.24, 2.45) is 0 Å². The number of nitrogens with one attached hydrogen (secondary N) is 1. The van der Waals surface area contributed by atoms with E-state index in [1.165, 1.54) is 12.1 Å². The zero-order valence-corrected chi connectivity index (χ0v) is 12.5. The van der Waals surface area contributed by atoms with Gasteiger partial charge in [-0.15, -0.1) is 5.10 Å². The molecule has 0 fully saturated rings. The lowest BCUT2D eigenvalue weighted by Gasteiger charge is -2.02. The molecule has 0 spiro atoms. The van der Waals surface area contributed by atoms with Gasteiger partial charge in [-0.2, -0.15) is 0 Å². The molecule has 116 valence electrons. The number of benzene rings is 2. The van der Waals surface area contributed by atoms with Crippen molar-refractivity contribution in [1.29, 1.82) is 0 Å². The van der Waals surface area contributed by atoms with Gasteiger partial charge in [0.15, 0.2) is 0 Å². The Labute approximate surface area is 136 Å². The lowest BCUT2D eigenvalue weighted by Crippen LogP contribution is -2.12. The molecule has 3 rings (SSSR count). The molecule has 0 unspecified atom stereocenters. The summed E-state index contributed by atoms with van der Waals surface area (Å²) in [5.41, 5.74) is 1.13. The van der Waals surface area contributed by atoms with Crippen LogP contribution in [0.25, 0.3) is 0 Å². The third-order valence-corrected chi connectivity index (χ3v) is 3.40. The first kappa shape index (κ1) is 15.2. The minimum absolute atomic E-state index is 0.0213. The van der Waals surface area contributed by atoms with Gasteiger partial charge >= 0.3 is 6.01 Å². The molecular formula is C16H11ClFN3O2. The Morgan fingerprint density at radius 2 is 1.87 bits per heavy atom. The molecule has 1 heterocycles. The van der Waals surface area contributed by atoms with Crippen LogP contribution in [0.2, 0.25) is 5.02 Å².